The zero-order valence-corrected chi connectivity index (χ0v) is 42.2. The number of fused-ring (bicyclic) bond motifs is 10. The lowest BCUT2D eigenvalue weighted by molar-refractivity contribution is 1.10. The van der Waals surface area contributed by atoms with Gasteiger partial charge in [-0.15, -0.1) is 0 Å². The van der Waals surface area contributed by atoms with Gasteiger partial charge in [0.2, 0.25) is 0 Å². The van der Waals surface area contributed by atoms with Crippen LogP contribution in [-0.4, -0.2) is 28.2 Å². The largest absolute Gasteiger partial charge is 0.309 e. The molecule has 0 spiro atoms. The first-order chi connectivity index (χ1) is 38.7. The van der Waals surface area contributed by atoms with E-state index in [1.807, 2.05) is 0 Å². The molecule has 11 aromatic carbocycles. The first-order valence-electron chi connectivity index (χ1n) is 26.6. The number of aromatic nitrogens is 6. The molecule has 16 aromatic rings. The normalized spacial score (nSPS) is 11.8. The van der Waals surface area contributed by atoms with Crippen LogP contribution in [0.25, 0.3) is 144 Å². The van der Waals surface area contributed by atoms with Gasteiger partial charge in [0.25, 0.3) is 0 Å². The van der Waals surface area contributed by atoms with Crippen LogP contribution in [0.3, 0.4) is 0 Å². The molecule has 0 aliphatic carbocycles. The summed E-state index contributed by atoms with van der Waals surface area (Å²) in [5.74, 6) is 0.859. The molecule has 6 heteroatoms. The third kappa shape index (κ3) is 6.90. The van der Waals surface area contributed by atoms with Crippen molar-refractivity contribution in [3.8, 4) is 67.8 Å². The van der Waals surface area contributed by atoms with E-state index in [0.29, 0.717) is 0 Å². The minimum absolute atomic E-state index is 0.859. The van der Waals surface area contributed by atoms with Gasteiger partial charge in [-0.25, -0.2) is 9.97 Å². The Morgan fingerprint density at radius 2 is 0.603 bits per heavy atom. The van der Waals surface area contributed by atoms with Crippen LogP contribution >= 0.6 is 0 Å². The summed E-state index contributed by atoms with van der Waals surface area (Å²) < 4.78 is 9.49. The smallest absolute Gasteiger partial charge is 0.145 e. The minimum atomic E-state index is 0.859. The first kappa shape index (κ1) is 43.8. The van der Waals surface area contributed by atoms with Crippen LogP contribution in [0.5, 0.6) is 0 Å². The molecule has 0 N–H and O–H groups in total. The molecule has 6 nitrogen and oxygen atoms in total. The molecule has 16 rings (SSSR count). The number of nitrogens with zero attached hydrogens (tertiary/aromatic N) is 6. The van der Waals surface area contributed by atoms with E-state index in [2.05, 4.69) is 297 Å². The van der Waals surface area contributed by atoms with Crippen molar-refractivity contribution in [1.82, 2.24) is 28.2 Å². The van der Waals surface area contributed by atoms with E-state index in [1.54, 1.807) is 0 Å². The Bertz CT molecular complexity index is 4800. The summed E-state index contributed by atoms with van der Waals surface area (Å²) in [7, 11) is 0. The molecule has 0 radical (unpaired) electrons. The monoisotopic (exact) mass is 994 g/mol. The van der Waals surface area contributed by atoms with Gasteiger partial charge < -0.3 is 13.7 Å². The van der Waals surface area contributed by atoms with Crippen LogP contribution in [0.1, 0.15) is 0 Å². The van der Waals surface area contributed by atoms with Crippen molar-refractivity contribution < 1.29 is 0 Å². The van der Waals surface area contributed by atoms with Gasteiger partial charge in [-0.2, -0.15) is 0 Å². The highest BCUT2D eigenvalue weighted by atomic mass is 15.1. The number of rotatable bonds is 8. The van der Waals surface area contributed by atoms with Gasteiger partial charge in [0, 0.05) is 71.8 Å². The van der Waals surface area contributed by atoms with Crippen LogP contribution < -0.4 is 0 Å². The molecule has 0 aliphatic heterocycles. The molecule has 0 unspecified atom stereocenters. The van der Waals surface area contributed by atoms with Crippen molar-refractivity contribution in [2.24, 2.45) is 0 Å². The number of benzene rings is 11. The van der Waals surface area contributed by atoms with Gasteiger partial charge in [0.05, 0.1) is 55.5 Å². The van der Waals surface area contributed by atoms with E-state index in [1.165, 1.54) is 37.8 Å². The molecule has 0 amide bonds. The first-order valence-corrected chi connectivity index (χ1v) is 26.6. The molecule has 0 saturated carbocycles. The molecule has 0 aliphatic rings. The van der Waals surface area contributed by atoms with Gasteiger partial charge >= 0.3 is 0 Å². The lowest BCUT2D eigenvalue weighted by Gasteiger charge is -2.16. The van der Waals surface area contributed by atoms with Crippen LogP contribution in [0.2, 0.25) is 0 Å². The fraction of sp³-hybridized carbons (Fsp3) is 0. The van der Waals surface area contributed by atoms with Crippen molar-refractivity contribution in [2.45, 2.75) is 0 Å². The zero-order chi connectivity index (χ0) is 51.3. The van der Waals surface area contributed by atoms with Crippen LogP contribution in [0.4, 0.5) is 0 Å². The van der Waals surface area contributed by atoms with Gasteiger partial charge in [-0.1, -0.05) is 152 Å². The van der Waals surface area contributed by atoms with Crippen LogP contribution in [0, 0.1) is 0 Å². The Hall–Kier alpha value is -10.6. The summed E-state index contributed by atoms with van der Waals surface area (Å²) in [6.07, 6.45) is 0. The Morgan fingerprint density at radius 3 is 1.14 bits per heavy atom. The van der Waals surface area contributed by atoms with Gasteiger partial charge in [-0.3, -0.25) is 4.57 Å². The predicted molar refractivity (Wildman–Crippen MR) is 324 cm³/mol. The van der Waals surface area contributed by atoms with Gasteiger partial charge in [-0.05, 0) is 139 Å². The highest BCUT2D eigenvalue weighted by Gasteiger charge is 2.21. The Morgan fingerprint density at radius 1 is 0.205 bits per heavy atom. The number of hydrogen-bond acceptors (Lipinski definition) is 2. The van der Waals surface area contributed by atoms with E-state index < -0.39 is 0 Å². The molecule has 0 fully saturated rings. The number of hydrogen-bond donors (Lipinski definition) is 0. The molecular formula is C72H46N6. The van der Waals surface area contributed by atoms with Crippen molar-refractivity contribution in [1.29, 1.82) is 0 Å². The maximum absolute atomic E-state index is 5.68. The van der Waals surface area contributed by atoms with Crippen LogP contribution in [0.15, 0.2) is 279 Å². The van der Waals surface area contributed by atoms with E-state index in [-0.39, 0.29) is 0 Å². The molecule has 0 saturated heterocycles. The van der Waals surface area contributed by atoms with Crippen molar-refractivity contribution in [3.63, 3.8) is 0 Å². The maximum atomic E-state index is 5.68. The Balaban J connectivity index is 0.928. The summed E-state index contributed by atoms with van der Waals surface area (Å²) >= 11 is 0. The highest BCUT2D eigenvalue weighted by molar-refractivity contribution is 6.12. The van der Waals surface area contributed by atoms with Gasteiger partial charge in [0.15, 0.2) is 0 Å². The summed E-state index contributed by atoms with van der Waals surface area (Å²) in [5, 5.41) is 7.27. The van der Waals surface area contributed by atoms with Crippen molar-refractivity contribution in [3.05, 3.63) is 279 Å². The van der Waals surface area contributed by atoms with Crippen LogP contribution in [-0.2, 0) is 0 Å². The second-order valence-electron chi connectivity index (χ2n) is 20.2. The fourth-order valence-corrected chi connectivity index (χ4v) is 12.3. The topological polar surface area (TPSA) is 45.5 Å². The average molecular weight is 995 g/mol. The number of para-hydroxylation sites is 9. The summed E-state index contributed by atoms with van der Waals surface area (Å²) in [5.41, 5.74) is 20.1. The molecule has 0 bridgehead atoms. The standard InChI is InChI=1S/C72H46N6/c1-3-20-52(21-4-1)75-69-36-17-11-28-60(69)61-45-47(38-39-70(61)75)48-40-49(42-51(41-48)72-74-64-29-12-18-37-71(64)78(72)53-22-5-2-6-23-53)62-30-19-31-63(73-62)50-43-54(76-65-32-13-7-24-56(65)57-25-8-14-33-66(57)76)46-55(44-50)77-67-34-15-9-26-58(67)59-27-10-16-35-68(59)77/h1-46H. The second-order valence-corrected chi connectivity index (χ2v) is 20.2. The molecule has 0 atom stereocenters. The highest BCUT2D eigenvalue weighted by Crippen LogP contribution is 2.41. The van der Waals surface area contributed by atoms with E-state index in [9.17, 15) is 0 Å². The third-order valence-corrected chi connectivity index (χ3v) is 15.7. The van der Waals surface area contributed by atoms with E-state index in [0.717, 1.165) is 106 Å². The molecule has 78 heavy (non-hydrogen) atoms. The van der Waals surface area contributed by atoms with E-state index in [4.69, 9.17) is 9.97 Å². The Kier molecular flexibility index (Phi) is 9.84. The summed E-state index contributed by atoms with van der Waals surface area (Å²) in [6, 6.07) is 101. The van der Waals surface area contributed by atoms with E-state index >= 15 is 0 Å². The Labute approximate surface area is 449 Å². The second kappa shape index (κ2) is 17.5. The zero-order valence-electron chi connectivity index (χ0n) is 42.2. The lowest BCUT2D eigenvalue weighted by atomic mass is 9.96. The lowest BCUT2D eigenvalue weighted by Crippen LogP contribution is -2.01. The summed E-state index contributed by atoms with van der Waals surface area (Å²) in [4.78, 5) is 11.1. The predicted octanol–water partition coefficient (Wildman–Crippen LogP) is 18.4. The summed E-state index contributed by atoms with van der Waals surface area (Å²) in [6.45, 7) is 0. The van der Waals surface area contributed by atoms with Gasteiger partial charge in [0.1, 0.15) is 5.82 Å². The third-order valence-electron chi connectivity index (χ3n) is 15.7. The number of pyridine rings is 1. The maximum Gasteiger partial charge on any atom is 0.145 e. The minimum Gasteiger partial charge on any atom is -0.309 e. The van der Waals surface area contributed by atoms with Crippen molar-refractivity contribution >= 4 is 76.5 Å². The molecule has 364 valence electrons. The quantitative estimate of drug-likeness (QED) is 0.152. The van der Waals surface area contributed by atoms with Crippen molar-refractivity contribution in [2.75, 3.05) is 0 Å². The average Bonchev–Trinajstić information content (AvgIpc) is 4.29. The number of imidazole rings is 1. The molecule has 5 aromatic heterocycles. The molecular weight excluding hydrogens is 949 g/mol. The SMILES string of the molecule is c1ccc(-n2c(-c3cc(-c4ccc5c(c4)c4ccccc4n5-c4ccccc4)cc(-c4cccc(-c5cc(-n6c7ccccc7c7ccccc76)cc(-n6c7ccccc7c7ccccc76)c5)n4)c3)nc3ccccc32)cc1. The fourth-order valence-electron chi connectivity index (χ4n) is 12.3. The molecule has 5 heterocycles.